The lowest BCUT2D eigenvalue weighted by atomic mass is 10.0. The summed E-state index contributed by atoms with van der Waals surface area (Å²) in [5, 5.41) is 5.08. The molecular formula is C17H23N5OS. The lowest BCUT2D eigenvalue weighted by molar-refractivity contribution is 0.261. The third-order valence-corrected chi connectivity index (χ3v) is 6.40. The van der Waals surface area contributed by atoms with Crippen molar-refractivity contribution in [3.8, 4) is 0 Å². The van der Waals surface area contributed by atoms with Crippen LogP contribution < -0.4 is 21.1 Å². The van der Waals surface area contributed by atoms with Gasteiger partial charge in [0.1, 0.15) is 18.8 Å². The zero-order chi connectivity index (χ0) is 16.3. The Morgan fingerprint density at radius 2 is 2.29 bits per heavy atom. The van der Waals surface area contributed by atoms with Crippen molar-refractivity contribution in [1.29, 1.82) is 0 Å². The Morgan fingerprint density at radius 3 is 3.12 bits per heavy atom. The van der Waals surface area contributed by atoms with E-state index in [9.17, 15) is 0 Å². The maximum Gasteiger partial charge on any atom is 0.205 e. The number of anilines is 1. The first kappa shape index (κ1) is 14.9. The van der Waals surface area contributed by atoms with E-state index in [1.165, 1.54) is 21.0 Å². The van der Waals surface area contributed by atoms with Crippen LogP contribution in [0.2, 0.25) is 0 Å². The van der Waals surface area contributed by atoms with E-state index in [2.05, 4.69) is 47.1 Å². The molecule has 24 heavy (non-hydrogen) atoms. The standard InChI is InChI=1S/C17H23N5OS/c1-17(2)8-23-15(20-17)13-14-21-19-9-22(14)16-11(7-18-13)10-5-3-4-6-12(10)24-16/h4,6,13-14,18-19,21H,3,5,7-9H2,1-2H3. The van der Waals surface area contributed by atoms with Crippen molar-refractivity contribution in [2.75, 3.05) is 18.2 Å². The van der Waals surface area contributed by atoms with Gasteiger partial charge in [-0.05, 0) is 38.3 Å². The van der Waals surface area contributed by atoms with Gasteiger partial charge in [0.25, 0.3) is 0 Å². The summed E-state index contributed by atoms with van der Waals surface area (Å²) in [6, 6.07) is 0.0520. The van der Waals surface area contributed by atoms with Crippen molar-refractivity contribution < 1.29 is 4.74 Å². The molecule has 0 saturated carbocycles. The summed E-state index contributed by atoms with van der Waals surface area (Å²) in [7, 11) is 0. The molecule has 128 valence electrons. The van der Waals surface area contributed by atoms with E-state index in [0.717, 1.165) is 32.0 Å². The number of hydrogen-bond acceptors (Lipinski definition) is 7. The van der Waals surface area contributed by atoms with Crippen LogP contribution in [-0.2, 0) is 17.7 Å². The number of hydrogen-bond donors (Lipinski definition) is 3. The number of nitrogens with one attached hydrogen (secondary N) is 3. The summed E-state index contributed by atoms with van der Waals surface area (Å²) in [5.74, 6) is 0.829. The fourth-order valence-corrected chi connectivity index (χ4v) is 5.27. The normalized spacial score (nSPS) is 30.2. The van der Waals surface area contributed by atoms with Crippen LogP contribution in [0.1, 0.15) is 36.3 Å². The van der Waals surface area contributed by atoms with Crippen LogP contribution in [0.15, 0.2) is 11.1 Å². The summed E-state index contributed by atoms with van der Waals surface area (Å²) in [4.78, 5) is 8.66. The molecule has 6 nitrogen and oxygen atoms in total. The second-order valence-corrected chi connectivity index (χ2v) is 8.50. The van der Waals surface area contributed by atoms with Gasteiger partial charge in [-0.25, -0.2) is 15.8 Å². The van der Waals surface area contributed by atoms with Crippen LogP contribution in [0.4, 0.5) is 5.00 Å². The number of aliphatic imine (C=N–C) groups is 1. The Morgan fingerprint density at radius 1 is 1.38 bits per heavy atom. The first-order valence-corrected chi connectivity index (χ1v) is 9.46. The summed E-state index contributed by atoms with van der Waals surface area (Å²) >= 11 is 1.91. The minimum atomic E-state index is -0.130. The van der Waals surface area contributed by atoms with Gasteiger partial charge in [0.15, 0.2) is 0 Å². The molecule has 1 aromatic rings. The molecule has 0 radical (unpaired) electrons. The molecule has 0 amide bonds. The smallest absolute Gasteiger partial charge is 0.205 e. The van der Waals surface area contributed by atoms with E-state index in [1.807, 2.05) is 11.3 Å². The van der Waals surface area contributed by atoms with Crippen LogP contribution >= 0.6 is 11.3 Å². The first-order chi connectivity index (χ1) is 11.6. The van der Waals surface area contributed by atoms with Crippen molar-refractivity contribution in [2.24, 2.45) is 4.99 Å². The topological polar surface area (TPSA) is 60.9 Å². The fraction of sp³-hybridized carbons (Fsp3) is 0.588. The zero-order valence-electron chi connectivity index (χ0n) is 14.1. The predicted octanol–water partition coefficient (Wildman–Crippen LogP) is 1.58. The maximum atomic E-state index is 5.94. The Labute approximate surface area is 145 Å². The monoisotopic (exact) mass is 345 g/mol. The van der Waals surface area contributed by atoms with Crippen molar-refractivity contribution in [1.82, 2.24) is 16.2 Å². The Bertz CT molecular complexity index is 738. The SMILES string of the molecule is CC1(C)COC(C2NCc3c(sc4c3CCC=C4)N3CNNC23)=N1. The molecule has 4 heterocycles. The van der Waals surface area contributed by atoms with E-state index >= 15 is 0 Å². The second-order valence-electron chi connectivity index (χ2n) is 7.47. The van der Waals surface area contributed by atoms with E-state index in [1.54, 1.807) is 0 Å². The van der Waals surface area contributed by atoms with Gasteiger partial charge >= 0.3 is 0 Å². The molecule has 2 atom stereocenters. The van der Waals surface area contributed by atoms with Crippen molar-refractivity contribution in [3.63, 3.8) is 0 Å². The Kier molecular flexibility index (Phi) is 3.28. The Hall–Kier alpha value is -1.41. The van der Waals surface area contributed by atoms with Crippen LogP contribution in [-0.4, -0.2) is 36.9 Å². The lowest BCUT2D eigenvalue weighted by Gasteiger charge is -2.28. The molecule has 1 saturated heterocycles. The summed E-state index contributed by atoms with van der Waals surface area (Å²) < 4.78 is 5.94. The number of ether oxygens (including phenoxy) is 1. The second kappa shape index (κ2) is 5.29. The van der Waals surface area contributed by atoms with Gasteiger partial charge in [-0.2, -0.15) is 0 Å². The van der Waals surface area contributed by atoms with Gasteiger partial charge < -0.3 is 9.64 Å². The van der Waals surface area contributed by atoms with Gasteiger partial charge in [0.2, 0.25) is 5.90 Å². The molecule has 3 N–H and O–H groups in total. The molecule has 0 bridgehead atoms. The molecule has 0 aromatic carbocycles. The van der Waals surface area contributed by atoms with E-state index in [0.29, 0.717) is 6.61 Å². The highest BCUT2D eigenvalue weighted by molar-refractivity contribution is 7.17. The number of allylic oxidation sites excluding steroid dienone is 1. The van der Waals surface area contributed by atoms with Gasteiger partial charge in [-0.15, -0.1) is 11.3 Å². The molecular weight excluding hydrogens is 322 g/mol. The average molecular weight is 345 g/mol. The lowest BCUT2D eigenvalue weighted by Crippen LogP contribution is -2.55. The maximum absolute atomic E-state index is 5.94. The molecule has 2 unspecified atom stereocenters. The zero-order valence-corrected chi connectivity index (χ0v) is 14.9. The number of nitrogens with zero attached hydrogens (tertiary/aromatic N) is 2. The Balaban J connectivity index is 1.54. The molecule has 3 aliphatic heterocycles. The van der Waals surface area contributed by atoms with Gasteiger partial charge in [0.05, 0.1) is 17.2 Å². The van der Waals surface area contributed by atoms with Crippen molar-refractivity contribution in [3.05, 3.63) is 22.1 Å². The number of hydrazine groups is 1. The van der Waals surface area contributed by atoms with Crippen molar-refractivity contribution in [2.45, 2.75) is 51.0 Å². The van der Waals surface area contributed by atoms with E-state index < -0.39 is 0 Å². The van der Waals surface area contributed by atoms with Crippen LogP contribution in [0.3, 0.4) is 0 Å². The third kappa shape index (κ3) is 2.23. The predicted molar refractivity (Wildman–Crippen MR) is 97.2 cm³/mol. The van der Waals surface area contributed by atoms with Gasteiger partial charge in [0, 0.05) is 17.0 Å². The molecule has 1 fully saturated rings. The van der Waals surface area contributed by atoms with Crippen LogP contribution in [0, 0.1) is 0 Å². The largest absolute Gasteiger partial charge is 0.477 e. The van der Waals surface area contributed by atoms with Gasteiger partial charge in [-0.1, -0.05) is 6.08 Å². The third-order valence-electron chi connectivity index (χ3n) is 5.12. The minimum Gasteiger partial charge on any atom is -0.477 e. The van der Waals surface area contributed by atoms with E-state index in [-0.39, 0.29) is 17.7 Å². The highest BCUT2D eigenvalue weighted by Crippen LogP contribution is 2.42. The highest BCUT2D eigenvalue weighted by atomic mass is 32.1. The molecule has 1 aromatic heterocycles. The quantitative estimate of drug-likeness (QED) is 0.721. The fourth-order valence-electron chi connectivity index (χ4n) is 3.94. The molecule has 4 aliphatic rings. The van der Waals surface area contributed by atoms with Gasteiger partial charge in [-0.3, -0.25) is 5.32 Å². The van der Waals surface area contributed by atoms with E-state index in [4.69, 9.17) is 9.73 Å². The average Bonchev–Trinajstić information content (AvgIpc) is 3.23. The highest BCUT2D eigenvalue weighted by Gasteiger charge is 2.43. The molecule has 5 rings (SSSR count). The summed E-state index contributed by atoms with van der Waals surface area (Å²) in [6.45, 7) is 6.57. The minimum absolute atomic E-state index is 0.0520. The number of thiophene rings is 1. The molecule has 1 aliphatic carbocycles. The van der Waals surface area contributed by atoms with Crippen LogP contribution in [0.5, 0.6) is 0 Å². The summed E-state index contributed by atoms with van der Waals surface area (Å²) in [6.07, 6.45) is 6.98. The first-order valence-electron chi connectivity index (χ1n) is 8.64. The molecule has 7 heteroatoms. The van der Waals surface area contributed by atoms with Crippen molar-refractivity contribution >= 4 is 28.3 Å². The number of fused-ring (bicyclic) bond motifs is 5. The summed E-state index contributed by atoms with van der Waals surface area (Å²) in [5.41, 5.74) is 9.56. The van der Waals surface area contributed by atoms with Crippen LogP contribution in [0.25, 0.3) is 6.08 Å². The number of rotatable bonds is 1. The molecule has 0 spiro atoms.